The molecule has 2 rings (SSSR count). The number of piperazine rings is 1. The maximum Gasteiger partial charge on any atom is 0.0593 e. The van der Waals surface area contributed by atoms with Crippen molar-refractivity contribution >= 4 is 0 Å². The highest BCUT2D eigenvalue weighted by Crippen LogP contribution is 2.23. The third-order valence-electron chi connectivity index (χ3n) is 4.55. The molecular weight excluding hydrogens is 262 g/mol. The number of aromatic nitrogens is 1. The number of nitrogens with zero attached hydrogens (tertiary/aromatic N) is 3. The number of pyridine rings is 1. The van der Waals surface area contributed by atoms with Gasteiger partial charge in [-0.2, -0.15) is 0 Å². The topological polar surface area (TPSA) is 28.6 Å². The van der Waals surface area contributed by atoms with E-state index in [1.54, 1.807) is 0 Å². The van der Waals surface area contributed by atoms with E-state index >= 15 is 0 Å². The zero-order chi connectivity index (χ0) is 15.1. The average Bonchev–Trinajstić information content (AvgIpc) is 2.55. The lowest BCUT2D eigenvalue weighted by Crippen LogP contribution is -2.54. The van der Waals surface area contributed by atoms with Gasteiger partial charge in [-0.05, 0) is 31.9 Å². The summed E-state index contributed by atoms with van der Waals surface area (Å²) in [4.78, 5) is 9.42. The molecule has 0 saturated carbocycles. The first-order valence-corrected chi connectivity index (χ1v) is 8.22. The molecule has 4 heteroatoms. The maximum absolute atomic E-state index is 5.51. The van der Waals surface area contributed by atoms with Crippen molar-refractivity contribution in [1.29, 1.82) is 0 Å². The van der Waals surface area contributed by atoms with Crippen LogP contribution >= 0.6 is 0 Å². The molecule has 1 aliphatic heterocycles. The number of hydrogen-bond donors (Lipinski definition) is 0. The quantitative estimate of drug-likeness (QED) is 0.722. The van der Waals surface area contributed by atoms with Crippen LogP contribution in [0, 0.1) is 0 Å². The highest BCUT2D eigenvalue weighted by atomic mass is 16.5. The van der Waals surface area contributed by atoms with Crippen molar-refractivity contribution in [3.05, 3.63) is 30.1 Å². The van der Waals surface area contributed by atoms with Gasteiger partial charge in [0.05, 0.1) is 6.61 Å². The average molecular weight is 291 g/mol. The monoisotopic (exact) mass is 291 g/mol. The van der Waals surface area contributed by atoms with Crippen LogP contribution < -0.4 is 0 Å². The highest BCUT2D eigenvalue weighted by molar-refractivity contribution is 5.13. The smallest absolute Gasteiger partial charge is 0.0593 e. The minimum Gasteiger partial charge on any atom is -0.380 e. The first kappa shape index (κ1) is 16.4. The second-order valence-corrected chi connectivity index (χ2v) is 5.75. The molecule has 1 saturated heterocycles. The van der Waals surface area contributed by atoms with Crippen molar-refractivity contribution < 1.29 is 4.74 Å². The van der Waals surface area contributed by atoms with Gasteiger partial charge in [-0.1, -0.05) is 13.0 Å². The van der Waals surface area contributed by atoms with Gasteiger partial charge in [0, 0.05) is 57.3 Å². The molecule has 4 nitrogen and oxygen atoms in total. The highest BCUT2D eigenvalue weighted by Gasteiger charge is 2.28. The molecule has 1 aromatic rings. The van der Waals surface area contributed by atoms with Crippen molar-refractivity contribution in [2.45, 2.75) is 39.3 Å². The second-order valence-electron chi connectivity index (χ2n) is 5.75. The van der Waals surface area contributed by atoms with Crippen molar-refractivity contribution in [3.63, 3.8) is 0 Å². The van der Waals surface area contributed by atoms with Crippen molar-refractivity contribution in [1.82, 2.24) is 14.8 Å². The van der Waals surface area contributed by atoms with E-state index in [-0.39, 0.29) is 0 Å². The first-order chi connectivity index (χ1) is 10.3. The Bertz CT molecular complexity index is 398. The van der Waals surface area contributed by atoms with E-state index in [1.165, 1.54) is 12.0 Å². The largest absolute Gasteiger partial charge is 0.380 e. The Morgan fingerprint density at radius 2 is 2.24 bits per heavy atom. The lowest BCUT2D eigenvalue weighted by Gasteiger charge is -2.43. The Labute approximate surface area is 129 Å². The molecule has 118 valence electrons. The van der Waals surface area contributed by atoms with Crippen molar-refractivity contribution in [2.75, 3.05) is 39.4 Å². The van der Waals surface area contributed by atoms with E-state index in [4.69, 9.17) is 4.74 Å². The normalized spacial score (nSPS) is 22.3. The molecule has 1 aliphatic rings. The van der Waals surface area contributed by atoms with Crippen molar-refractivity contribution in [2.24, 2.45) is 0 Å². The summed E-state index contributed by atoms with van der Waals surface area (Å²) >= 11 is 0. The van der Waals surface area contributed by atoms with E-state index in [1.807, 2.05) is 18.5 Å². The molecule has 0 aromatic carbocycles. The zero-order valence-electron chi connectivity index (χ0n) is 13.7. The molecule has 0 aliphatic carbocycles. The number of rotatable bonds is 7. The van der Waals surface area contributed by atoms with Crippen LogP contribution in [0.4, 0.5) is 0 Å². The van der Waals surface area contributed by atoms with Crippen LogP contribution in [0.2, 0.25) is 0 Å². The van der Waals surface area contributed by atoms with Gasteiger partial charge < -0.3 is 4.74 Å². The summed E-state index contributed by atoms with van der Waals surface area (Å²) in [5.41, 5.74) is 1.31. The fourth-order valence-corrected chi connectivity index (χ4v) is 3.11. The molecule has 0 spiro atoms. The Balaban J connectivity index is 1.91. The Hall–Kier alpha value is -0.970. The molecule has 0 N–H and O–H groups in total. The number of ether oxygens (including phenoxy) is 1. The van der Waals surface area contributed by atoms with Crippen molar-refractivity contribution in [3.8, 4) is 0 Å². The van der Waals surface area contributed by atoms with Crippen LogP contribution in [0.3, 0.4) is 0 Å². The van der Waals surface area contributed by atoms with Gasteiger partial charge in [0.15, 0.2) is 0 Å². The maximum atomic E-state index is 5.51. The number of hydrogen-bond acceptors (Lipinski definition) is 4. The summed E-state index contributed by atoms with van der Waals surface area (Å²) in [6, 6.07) is 5.29. The first-order valence-electron chi connectivity index (χ1n) is 8.22. The van der Waals surface area contributed by atoms with Crippen LogP contribution in [0.5, 0.6) is 0 Å². The van der Waals surface area contributed by atoms with Gasteiger partial charge in [-0.15, -0.1) is 0 Å². The lowest BCUT2D eigenvalue weighted by molar-refractivity contribution is 0.0270. The third kappa shape index (κ3) is 4.50. The van der Waals surface area contributed by atoms with E-state index in [0.717, 1.165) is 39.4 Å². The zero-order valence-corrected chi connectivity index (χ0v) is 13.7. The molecule has 1 aromatic heterocycles. The summed E-state index contributed by atoms with van der Waals surface area (Å²) in [7, 11) is 0. The van der Waals surface area contributed by atoms with Gasteiger partial charge in [-0.3, -0.25) is 14.8 Å². The molecule has 0 bridgehead atoms. The second kappa shape index (κ2) is 8.47. The molecule has 0 radical (unpaired) electrons. The fraction of sp³-hybridized carbons (Fsp3) is 0.706. The van der Waals surface area contributed by atoms with E-state index in [9.17, 15) is 0 Å². The summed E-state index contributed by atoms with van der Waals surface area (Å²) < 4.78 is 5.51. The Morgan fingerprint density at radius 1 is 1.38 bits per heavy atom. The van der Waals surface area contributed by atoms with Crippen LogP contribution in [0.25, 0.3) is 0 Å². The van der Waals surface area contributed by atoms with Crippen LogP contribution in [0.15, 0.2) is 24.5 Å². The minimum atomic E-state index is 0.446. The molecule has 0 unspecified atom stereocenters. The molecule has 2 heterocycles. The van der Waals surface area contributed by atoms with Gasteiger partial charge in [0.2, 0.25) is 0 Å². The molecule has 0 amide bonds. The molecule has 1 fully saturated rings. The Morgan fingerprint density at radius 3 is 2.90 bits per heavy atom. The van der Waals surface area contributed by atoms with Gasteiger partial charge in [0.25, 0.3) is 0 Å². The van der Waals surface area contributed by atoms with Crippen LogP contribution in [0.1, 0.15) is 38.8 Å². The standard InChI is InChI=1S/C17H29N3O/c1-4-17-14-20(10-9-19(17)11-12-21-5-2)15(3)16-7-6-8-18-13-16/h6-8,13,15,17H,4-5,9-12,14H2,1-3H3/t15-,17+/m0/s1. The predicted octanol–water partition coefficient (Wildman–Crippen LogP) is 2.58. The van der Waals surface area contributed by atoms with Crippen LogP contribution in [-0.4, -0.2) is 60.2 Å². The molecule has 2 atom stereocenters. The SMILES string of the molecule is CCOCCN1CCN([C@@H](C)c2cccnc2)C[C@H]1CC. The Kier molecular flexibility index (Phi) is 6.61. The predicted molar refractivity (Wildman–Crippen MR) is 86.4 cm³/mol. The van der Waals surface area contributed by atoms with E-state index in [0.29, 0.717) is 12.1 Å². The molecular formula is C17H29N3O. The van der Waals surface area contributed by atoms with E-state index in [2.05, 4.69) is 41.6 Å². The van der Waals surface area contributed by atoms with Crippen LogP contribution in [-0.2, 0) is 4.74 Å². The van der Waals surface area contributed by atoms with Gasteiger partial charge in [-0.25, -0.2) is 0 Å². The third-order valence-corrected chi connectivity index (χ3v) is 4.55. The summed E-state index contributed by atoms with van der Waals surface area (Å²) in [5, 5.41) is 0. The summed E-state index contributed by atoms with van der Waals surface area (Å²) in [6.07, 6.45) is 5.03. The van der Waals surface area contributed by atoms with Gasteiger partial charge >= 0.3 is 0 Å². The van der Waals surface area contributed by atoms with E-state index < -0.39 is 0 Å². The fourth-order valence-electron chi connectivity index (χ4n) is 3.11. The summed E-state index contributed by atoms with van der Waals surface area (Å²) in [6.45, 7) is 12.8. The molecule has 21 heavy (non-hydrogen) atoms. The van der Waals surface area contributed by atoms with Gasteiger partial charge in [0.1, 0.15) is 0 Å². The minimum absolute atomic E-state index is 0.446. The lowest BCUT2D eigenvalue weighted by atomic mass is 10.0. The summed E-state index contributed by atoms with van der Waals surface area (Å²) in [5.74, 6) is 0.